The maximum atomic E-state index is 13.8. The molecule has 9 heteroatoms. The average molecular weight is 630 g/mol. The Balaban J connectivity index is 1.78. The lowest BCUT2D eigenvalue weighted by atomic mass is 9.96. The number of aryl methyl sites for hydroxylation is 1. The monoisotopic (exact) mass is 629 g/mol. The predicted molar refractivity (Wildman–Crippen MR) is 178 cm³/mol. The van der Waals surface area contributed by atoms with E-state index in [-0.39, 0.29) is 25.4 Å². The predicted octanol–water partition coefficient (Wildman–Crippen LogP) is 5.51. The van der Waals surface area contributed by atoms with Gasteiger partial charge in [-0.05, 0) is 56.2 Å². The lowest BCUT2D eigenvalue weighted by Crippen LogP contribution is -2.58. The Bertz CT molecular complexity index is 1390. The van der Waals surface area contributed by atoms with Crippen molar-refractivity contribution in [3.05, 3.63) is 108 Å². The number of nitrogens with one attached hydrogen (secondary N) is 3. The van der Waals surface area contributed by atoms with Crippen molar-refractivity contribution >= 4 is 23.9 Å². The second-order valence-electron chi connectivity index (χ2n) is 12.4. The largest absolute Gasteiger partial charge is 0.459 e. The Morgan fingerprint density at radius 3 is 1.78 bits per heavy atom. The Hall–Kier alpha value is -4.66. The minimum atomic E-state index is -0.990. The van der Waals surface area contributed by atoms with E-state index < -0.39 is 47.6 Å². The number of hydrogen-bond donors (Lipinski definition) is 3. The third-order valence-electron chi connectivity index (χ3n) is 7.47. The van der Waals surface area contributed by atoms with Crippen molar-refractivity contribution in [2.75, 3.05) is 0 Å². The van der Waals surface area contributed by atoms with Crippen LogP contribution in [0.3, 0.4) is 0 Å². The van der Waals surface area contributed by atoms with Crippen LogP contribution in [0.4, 0.5) is 4.79 Å². The maximum Gasteiger partial charge on any atom is 0.408 e. The van der Waals surface area contributed by atoms with E-state index in [9.17, 15) is 19.2 Å². The fourth-order valence-corrected chi connectivity index (χ4v) is 4.76. The van der Waals surface area contributed by atoms with Crippen LogP contribution in [0.1, 0.15) is 64.2 Å². The number of carbonyl (C=O) groups is 4. The number of carbonyl (C=O) groups excluding carboxylic acids is 4. The van der Waals surface area contributed by atoms with Gasteiger partial charge in [-0.15, -0.1) is 0 Å². The van der Waals surface area contributed by atoms with Gasteiger partial charge in [-0.2, -0.15) is 0 Å². The first kappa shape index (κ1) is 35.8. The van der Waals surface area contributed by atoms with Crippen LogP contribution in [-0.4, -0.2) is 47.6 Å². The molecule has 1 unspecified atom stereocenters. The lowest BCUT2D eigenvalue weighted by Gasteiger charge is -2.28. The fraction of sp³-hybridized carbons (Fsp3) is 0.405. The minimum absolute atomic E-state index is 0.0613. The Labute approximate surface area is 272 Å². The van der Waals surface area contributed by atoms with Crippen LogP contribution in [0.25, 0.3) is 0 Å². The normalized spacial score (nSPS) is 13.8. The zero-order valence-electron chi connectivity index (χ0n) is 27.5. The molecule has 0 saturated carbocycles. The summed E-state index contributed by atoms with van der Waals surface area (Å²) in [5, 5.41) is 8.41. The summed E-state index contributed by atoms with van der Waals surface area (Å²) >= 11 is 0. The number of alkyl carbamates (subject to hydrolysis) is 1. The van der Waals surface area contributed by atoms with Gasteiger partial charge in [-0.3, -0.25) is 9.59 Å². The van der Waals surface area contributed by atoms with Gasteiger partial charge >= 0.3 is 12.1 Å². The molecule has 3 aromatic rings. The average Bonchev–Trinajstić information content (AvgIpc) is 3.04. The molecule has 0 fully saturated rings. The van der Waals surface area contributed by atoms with Crippen molar-refractivity contribution in [1.82, 2.24) is 16.0 Å². The van der Waals surface area contributed by atoms with Gasteiger partial charge < -0.3 is 25.4 Å². The van der Waals surface area contributed by atoms with Gasteiger partial charge in [-0.1, -0.05) is 111 Å². The third kappa shape index (κ3) is 12.4. The highest BCUT2D eigenvalue weighted by Crippen LogP contribution is 2.14. The zero-order valence-corrected chi connectivity index (χ0v) is 27.5. The molecule has 3 rings (SSSR count). The molecule has 0 aromatic heterocycles. The fourth-order valence-electron chi connectivity index (χ4n) is 4.76. The molecule has 0 bridgehead atoms. The second kappa shape index (κ2) is 17.7. The molecule has 0 aliphatic heterocycles. The first-order valence-electron chi connectivity index (χ1n) is 15.8. The Morgan fingerprint density at radius 1 is 0.696 bits per heavy atom. The van der Waals surface area contributed by atoms with E-state index in [0.717, 1.165) is 16.7 Å². The van der Waals surface area contributed by atoms with Crippen molar-refractivity contribution in [2.45, 2.75) is 90.6 Å². The van der Waals surface area contributed by atoms with Gasteiger partial charge in [-0.25, -0.2) is 9.59 Å². The number of rotatable bonds is 15. The standard InChI is InChI=1S/C37H47N3O6/c1-6-26(2)32(40-33(41)30(39-36(44)46-37(3,4)5)23-22-27-16-10-7-11-17-27)34(42)38-31(24-28-18-12-8-13-19-28)35(43)45-25-29-20-14-9-15-21-29/h7-21,26,30-32H,6,22-25H2,1-5H3,(H,38,42)(H,39,44)(H,40,41)/t26?,30-,31-,32-/m0/s1. The SMILES string of the molecule is CCC(C)[C@H](NC(=O)[C@H](CCc1ccccc1)NC(=O)OC(C)(C)C)C(=O)N[C@@H](Cc1ccccc1)C(=O)OCc1ccccc1. The van der Waals surface area contributed by atoms with E-state index in [1.165, 1.54) is 0 Å². The number of benzene rings is 3. The van der Waals surface area contributed by atoms with Gasteiger partial charge in [0.1, 0.15) is 30.3 Å². The van der Waals surface area contributed by atoms with E-state index in [2.05, 4.69) is 16.0 Å². The first-order valence-corrected chi connectivity index (χ1v) is 15.8. The summed E-state index contributed by atoms with van der Waals surface area (Å²) in [5.74, 6) is -1.89. The summed E-state index contributed by atoms with van der Waals surface area (Å²) in [7, 11) is 0. The molecular formula is C37H47N3O6. The molecule has 0 aliphatic rings. The van der Waals surface area contributed by atoms with Crippen LogP contribution in [0.5, 0.6) is 0 Å². The van der Waals surface area contributed by atoms with Gasteiger partial charge in [0.25, 0.3) is 0 Å². The molecule has 4 atom stereocenters. The molecule has 3 aromatic carbocycles. The molecule has 46 heavy (non-hydrogen) atoms. The minimum Gasteiger partial charge on any atom is -0.459 e. The quantitative estimate of drug-likeness (QED) is 0.191. The van der Waals surface area contributed by atoms with Crippen LogP contribution >= 0.6 is 0 Å². The van der Waals surface area contributed by atoms with Crippen LogP contribution < -0.4 is 16.0 Å². The molecule has 0 aliphatic carbocycles. The van der Waals surface area contributed by atoms with Crippen LogP contribution in [0.2, 0.25) is 0 Å². The highest BCUT2D eigenvalue weighted by atomic mass is 16.6. The molecule has 3 N–H and O–H groups in total. The summed E-state index contributed by atoms with van der Waals surface area (Å²) in [5.41, 5.74) is 1.91. The molecule has 3 amide bonds. The van der Waals surface area contributed by atoms with Crippen molar-refractivity contribution < 1.29 is 28.7 Å². The molecule has 0 spiro atoms. The topological polar surface area (TPSA) is 123 Å². The summed E-state index contributed by atoms with van der Waals surface area (Å²) in [6, 6.07) is 25.3. The van der Waals surface area contributed by atoms with E-state index in [0.29, 0.717) is 12.8 Å². The summed E-state index contributed by atoms with van der Waals surface area (Å²) in [6.07, 6.45) is 0.859. The zero-order chi connectivity index (χ0) is 33.5. The second-order valence-corrected chi connectivity index (χ2v) is 12.4. The highest BCUT2D eigenvalue weighted by molar-refractivity contribution is 5.93. The number of esters is 1. The summed E-state index contributed by atoms with van der Waals surface area (Å²) in [6.45, 7) is 9.05. The van der Waals surface area contributed by atoms with Gasteiger partial charge in [0.05, 0.1) is 0 Å². The van der Waals surface area contributed by atoms with Crippen molar-refractivity contribution in [3.63, 3.8) is 0 Å². The van der Waals surface area contributed by atoms with Gasteiger partial charge in [0.15, 0.2) is 0 Å². The Morgan fingerprint density at radius 2 is 1.24 bits per heavy atom. The number of ether oxygens (including phenoxy) is 2. The van der Waals surface area contributed by atoms with Crippen molar-refractivity contribution in [3.8, 4) is 0 Å². The van der Waals surface area contributed by atoms with Crippen molar-refractivity contribution in [2.24, 2.45) is 5.92 Å². The highest BCUT2D eigenvalue weighted by Gasteiger charge is 2.33. The smallest absolute Gasteiger partial charge is 0.408 e. The van der Waals surface area contributed by atoms with E-state index in [1.54, 1.807) is 20.8 Å². The first-order chi connectivity index (χ1) is 21.9. The molecule has 9 nitrogen and oxygen atoms in total. The molecule has 246 valence electrons. The maximum absolute atomic E-state index is 13.8. The van der Waals surface area contributed by atoms with Gasteiger partial charge in [0, 0.05) is 6.42 Å². The summed E-state index contributed by atoms with van der Waals surface area (Å²) < 4.78 is 11.0. The third-order valence-corrected chi connectivity index (χ3v) is 7.47. The van der Waals surface area contributed by atoms with Gasteiger partial charge in [0.2, 0.25) is 11.8 Å². The molecule has 0 saturated heterocycles. The molecular weight excluding hydrogens is 582 g/mol. The van der Waals surface area contributed by atoms with Crippen LogP contribution in [-0.2, 0) is 43.3 Å². The molecule has 0 heterocycles. The molecule has 0 radical (unpaired) electrons. The van der Waals surface area contributed by atoms with Crippen LogP contribution in [0, 0.1) is 5.92 Å². The number of amides is 3. The lowest BCUT2D eigenvalue weighted by molar-refractivity contribution is -0.149. The van der Waals surface area contributed by atoms with E-state index in [4.69, 9.17) is 9.47 Å². The Kier molecular flexibility index (Phi) is 13.8. The summed E-state index contributed by atoms with van der Waals surface area (Å²) in [4.78, 5) is 53.6. The van der Waals surface area contributed by atoms with E-state index >= 15 is 0 Å². The van der Waals surface area contributed by atoms with Crippen molar-refractivity contribution in [1.29, 1.82) is 0 Å². The van der Waals surface area contributed by atoms with Crippen LogP contribution in [0.15, 0.2) is 91.0 Å². The number of hydrogen-bond acceptors (Lipinski definition) is 6. The van der Waals surface area contributed by atoms with E-state index in [1.807, 2.05) is 105 Å².